The lowest BCUT2D eigenvalue weighted by Crippen LogP contribution is -2.41. The summed E-state index contributed by atoms with van der Waals surface area (Å²) in [5.74, 6) is -0.501. The largest absolute Gasteiger partial charge is 0.299 e. The minimum atomic E-state index is -0.876. The summed E-state index contributed by atoms with van der Waals surface area (Å²) in [6.07, 6.45) is 1.81. The first-order valence-electron chi connectivity index (χ1n) is 8.01. The van der Waals surface area contributed by atoms with Crippen LogP contribution in [-0.2, 0) is 10.2 Å². The first kappa shape index (κ1) is 16.7. The number of carbonyl (C=O) groups is 1. The molecule has 2 aromatic rings. The SMILES string of the molecule is O=C1CCC[C@@]1(c1ccccc1)[C@@H](C[N+](=O)[O-])c1ccccc1Cl. The van der Waals surface area contributed by atoms with Crippen LogP contribution >= 0.6 is 11.6 Å². The molecule has 0 spiro atoms. The van der Waals surface area contributed by atoms with Gasteiger partial charge in [-0.1, -0.05) is 60.1 Å². The third kappa shape index (κ3) is 2.82. The molecule has 0 unspecified atom stereocenters. The average Bonchev–Trinajstić information content (AvgIpc) is 2.96. The van der Waals surface area contributed by atoms with Gasteiger partial charge in [0.2, 0.25) is 6.54 Å². The molecule has 24 heavy (non-hydrogen) atoms. The molecule has 0 aromatic heterocycles. The molecule has 2 atom stereocenters. The summed E-state index contributed by atoms with van der Waals surface area (Å²) in [6, 6.07) is 16.5. The van der Waals surface area contributed by atoms with E-state index in [1.165, 1.54) is 0 Å². The van der Waals surface area contributed by atoms with Crippen molar-refractivity contribution in [3.8, 4) is 0 Å². The van der Waals surface area contributed by atoms with E-state index in [0.29, 0.717) is 23.4 Å². The van der Waals surface area contributed by atoms with Crippen molar-refractivity contribution in [3.63, 3.8) is 0 Å². The first-order chi connectivity index (χ1) is 11.6. The molecule has 124 valence electrons. The minimum Gasteiger partial charge on any atom is -0.299 e. The molecule has 4 nitrogen and oxygen atoms in total. The van der Waals surface area contributed by atoms with Crippen molar-refractivity contribution >= 4 is 17.4 Å². The normalized spacial score (nSPS) is 21.6. The molecule has 2 aromatic carbocycles. The molecule has 3 rings (SSSR count). The van der Waals surface area contributed by atoms with E-state index < -0.39 is 11.3 Å². The molecule has 1 fully saturated rings. The molecule has 0 bridgehead atoms. The Balaban J connectivity index is 2.21. The Hall–Kier alpha value is -2.20. The quantitative estimate of drug-likeness (QED) is 0.597. The molecule has 5 heteroatoms. The second kappa shape index (κ2) is 6.73. The second-order valence-corrected chi connectivity index (χ2v) is 6.61. The predicted molar refractivity (Wildman–Crippen MR) is 93.0 cm³/mol. The predicted octanol–water partition coefficient (Wildman–Crippen LogP) is 4.39. The van der Waals surface area contributed by atoms with Gasteiger partial charge in [-0.2, -0.15) is 0 Å². The van der Waals surface area contributed by atoms with Gasteiger partial charge in [0, 0.05) is 16.4 Å². The van der Waals surface area contributed by atoms with Crippen LogP contribution in [0.4, 0.5) is 0 Å². The number of rotatable bonds is 5. The van der Waals surface area contributed by atoms with E-state index in [9.17, 15) is 14.9 Å². The van der Waals surface area contributed by atoms with Gasteiger partial charge in [-0.3, -0.25) is 14.9 Å². The van der Waals surface area contributed by atoms with Crippen molar-refractivity contribution in [3.05, 3.63) is 80.9 Å². The Bertz CT molecular complexity index is 762. The zero-order chi connectivity index (χ0) is 17.2. The second-order valence-electron chi connectivity index (χ2n) is 6.20. The van der Waals surface area contributed by atoms with E-state index in [-0.39, 0.29) is 17.3 Å². The fraction of sp³-hybridized carbons (Fsp3) is 0.316. The third-order valence-corrected chi connectivity index (χ3v) is 5.31. The number of nitrogens with zero attached hydrogens (tertiary/aromatic N) is 1. The Morgan fingerprint density at radius 3 is 2.38 bits per heavy atom. The number of carbonyl (C=O) groups excluding carboxylic acids is 1. The lowest BCUT2D eigenvalue weighted by Gasteiger charge is -2.35. The van der Waals surface area contributed by atoms with Gasteiger partial charge in [-0.25, -0.2) is 0 Å². The highest BCUT2D eigenvalue weighted by Gasteiger charge is 2.52. The highest BCUT2D eigenvalue weighted by molar-refractivity contribution is 6.31. The Morgan fingerprint density at radius 1 is 1.12 bits per heavy atom. The fourth-order valence-corrected chi connectivity index (χ4v) is 4.19. The van der Waals surface area contributed by atoms with E-state index in [1.807, 2.05) is 36.4 Å². The standard InChI is InChI=1S/C19H18ClNO3/c20-17-10-5-4-9-15(17)16(13-21(23)24)19(12-6-11-18(19)22)14-7-2-1-3-8-14/h1-5,7-10,16H,6,11-13H2/t16-,19+/m0/s1. The molecular formula is C19H18ClNO3. The summed E-state index contributed by atoms with van der Waals surface area (Å²) >= 11 is 6.34. The monoisotopic (exact) mass is 343 g/mol. The summed E-state index contributed by atoms with van der Waals surface area (Å²) in [6.45, 7) is -0.315. The maximum absolute atomic E-state index is 12.9. The van der Waals surface area contributed by atoms with Crippen LogP contribution in [0, 0.1) is 10.1 Å². The number of Topliss-reactive ketones (excluding diaryl/α,β-unsaturated/α-hetero) is 1. The molecule has 0 radical (unpaired) electrons. The number of hydrogen-bond donors (Lipinski definition) is 0. The van der Waals surface area contributed by atoms with E-state index in [0.717, 1.165) is 12.0 Å². The zero-order valence-corrected chi connectivity index (χ0v) is 13.9. The summed E-state index contributed by atoms with van der Waals surface area (Å²) in [4.78, 5) is 24.0. The molecule has 0 saturated heterocycles. The first-order valence-corrected chi connectivity index (χ1v) is 8.38. The van der Waals surface area contributed by atoms with Crippen LogP contribution in [0.3, 0.4) is 0 Å². The van der Waals surface area contributed by atoms with Crippen LogP contribution in [0.2, 0.25) is 5.02 Å². The highest BCUT2D eigenvalue weighted by Crippen LogP contribution is 2.49. The van der Waals surface area contributed by atoms with Crippen LogP contribution in [0.25, 0.3) is 0 Å². The van der Waals surface area contributed by atoms with E-state index in [4.69, 9.17) is 11.6 Å². The van der Waals surface area contributed by atoms with Gasteiger partial charge < -0.3 is 0 Å². The summed E-state index contributed by atoms with van der Waals surface area (Å²) in [5.41, 5.74) is 0.647. The molecule has 0 aliphatic heterocycles. The maximum atomic E-state index is 12.9. The number of benzene rings is 2. The lowest BCUT2D eigenvalue weighted by atomic mass is 9.65. The summed E-state index contributed by atoms with van der Waals surface area (Å²) < 4.78 is 0. The van der Waals surface area contributed by atoms with Crippen molar-refractivity contribution in [2.24, 2.45) is 0 Å². The summed E-state index contributed by atoms with van der Waals surface area (Å²) in [5, 5.41) is 11.9. The van der Waals surface area contributed by atoms with Crippen LogP contribution in [0.5, 0.6) is 0 Å². The lowest BCUT2D eigenvalue weighted by molar-refractivity contribution is -0.485. The van der Waals surface area contributed by atoms with Gasteiger partial charge in [-0.05, 0) is 30.0 Å². The molecule has 0 N–H and O–H groups in total. The van der Waals surface area contributed by atoms with Gasteiger partial charge >= 0.3 is 0 Å². The van der Waals surface area contributed by atoms with Crippen molar-refractivity contribution in [2.45, 2.75) is 30.6 Å². The van der Waals surface area contributed by atoms with Gasteiger partial charge in [-0.15, -0.1) is 0 Å². The zero-order valence-electron chi connectivity index (χ0n) is 13.2. The molecule has 0 heterocycles. The van der Waals surface area contributed by atoms with Crippen molar-refractivity contribution in [1.82, 2.24) is 0 Å². The van der Waals surface area contributed by atoms with Crippen LogP contribution in [-0.4, -0.2) is 17.3 Å². The Kier molecular flexibility index (Phi) is 4.67. The molecule has 0 amide bonds. The molecule has 1 aliphatic rings. The third-order valence-electron chi connectivity index (χ3n) is 4.97. The average molecular weight is 344 g/mol. The van der Waals surface area contributed by atoms with Crippen LogP contribution in [0.15, 0.2) is 54.6 Å². The van der Waals surface area contributed by atoms with Gasteiger partial charge in [0.05, 0.1) is 11.3 Å². The number of nitro groups is 1. The van der Waals surface area contributed by atoms with Crippen LogP contribution < -0.4 is 0 Å². The smallest absolute Gasteiger partial charge is 0.212 e. The van der Waals surface area contributed by atoms with E-state index in [2.05, 4.69) is 0 Å². The van der Waals surface area contributed by atoms with Gasteiger partial charge in [0.25, 0.3) is 0 Å². The highest BCUT2D eigenvalue weighted by atomic mass is 35.5. The molecule has 1 aliphatic carbocycles. The van der Waals surface area contributed by atoms with Gasteiger partial charge in [0.15, 0.2) is 0 Å². The van der Waals surface area contributed by atoms with Crippen molar-refractivity contribution in [1.29, 1.82) is 0 Å². The summed E-state index contributed by atoms with van der Waals surface area (Å²) in [7, 11) is 0. The Labute approximate surface area is 145 Å². The maximum Gasteiger partial charge on any atom is 0.212 e. The van der Waals surface area contributed by atoms with E-state index >= 15 is 0 Å². The van der Waals surface area contributed by atoms with Crippen molar-refractivity contribution in [2.75, 3.05) is 6.54 Å². The number of hydrogen-bond acceptors (Lipinski definition) is 3. The number of halogens is 1. The number of ketones is 1. The Morgan fingerprint density at radius 2 is 1.79 bits per heavy atom. The van der Waals surface area contributed by atoms with Gasteiger partial charge in [0.1, 0.15) is 5.78 Å². The van der Waals surface area contributed by atoms with Crippen LogP contribution in [0.1, 0.15) is 36.3 Å². The minimum absolute atomic E-state index is 0.0699. The fourth-order valence-electron chi connectivity index (χ4n) is 3.93. The molecular weight excluding hydrogens is 326 g/mol. The topological polar surface area (TPSA) is 60.2 Å². The molecule has 1 saturated carbocycles. The van der Waals surface area contributed by atoms with E-state index in [1.54, 1.807) is 18.2 Å². The van der Waals surface area contributed by atoms with Crippen molar-refractivity contribution < 1.29 is 9.72 Å².